The molecule has 0 aromatic heterocycles. The molecule has 0 unspecified atom stereocenters. The molecule has 0 radical (unpaired) electrons. The van der Waals surface area contributed by atoms with Crippen LogP contribution in [0.2, 0.25) is 0 Å². The van der Waals surface area contributed by atoms with Crippen molar-refractivity contribution in [1.82, 2.24) is 0 Å². The number of aliphatic hydroxyl groups is 1. The average molecular weight is 266 g/mol. The molecule has 0 aromatic rings. The van der Waals surface area contributed by atoms with Crippen LogP contribution in [-0.4, -0.2) is 11.7 Å². The minimum Gasteiger partial charge on any atom is -0.392 e. The average Bonchev–Trinajstić information content (AvgIpc) is 2.41. The van der Waals surface area contributed by atoms with Gasteiger partial charge in [0, 0.05) is 0 Å². The molecule has 1 rings (SSSR count). The van der Waals surface area contributed by atoms with Crippen LogP contribution in [0.3, 0.4) is 0 Å². The third kappa shape index (κ3) is 7.77. The Morgan fingerprint density at radius 1 is 0.737 bits per heavy atom. The highest BCUT2D eigenvalue weighted by molar-refractivity contribution is 5.15. The van der Waals surface area contributed by atoms with E-state index in [-0.39, 0.29) is 0 Å². The van der Waals surface area contributed by atoms with Gasteiger partial charge in [0.1, 0.15) is 0 Å². The summed E-state index contributed by atoms with van der Waals surface area (Å²) >= 11 is 0. The van der Waals surface area contributed by atoms with Gasteiger partial charge in [-0.1, -0.05) is 63.9 Å². The summed E-state index contributed by atoms with van der Waals surface area (Å²) in [5, 5.41) is 9.66. The molecule has 0 aromatic carbocycles. The summed E-state index contributed by atoms with van der Waals surface area (Å²) in [5.74, 6) is 0. The summed E-state index contributed by atoms with van der Waals surface area (Å²) in [6.45, 7) is 2.57. The number of hydrogen-bond acceptors (Lipinski definition) is 1. The minimum atomic E-state index is 0.307. The smallest absolute Gasteiger partial charge is 0.0644 e. The number of unbranched alkanes of at least 4 members (excludes halogenated alkanes) is 2. The second-order valence-electron chi connectivity index (χ2n) is 6.15. The fourth-order valence-corrected chi connectivity index (χ4v) is 3.17. The Labute approximate surface area is 120 Å². The summed E-state index contributed by atoms with van der Waals surface area (Å²) in [6, 6.07) is 0. The largest absolute Gasteiger partial charge is 0.392 e. The van der Waals surface area contributed by atoms with Gasteiger partial charge >= 0.3 is 0 Å². The van der Waals surface area contributed by atoms with E-state index < -0.39 is 0 Å². The topological polar surface area (TPSA) is 20.2 Å². The van der Waals surface area contributed by atoms with E-state index in [9.17, 15) is 5.11 Å². The molecule has 1 aliphatic carbocycles. The van der Waals surface area contributed by atoms with Crippen molar-refractivity contribution in [1.29, 1.82) is 0 Å². The lowest BCUT2D eigenvalue weighted by molar-refractivity contribution is 0.322. The predicted octanol–water partition coefficient (Wildman–Crippen LogP) is 5.77. The predicted molar refractivity (Wildman–Crippen MR) is 84.4 cm³/mol. The first kappa shape index (κ1) is 16.8. The maximum atomic E-state index is 9.66. The molecule has 0 bridgehead atoms. The van der Waals surface area contributed by atoms with Crippen molar-refractivity contribution in [2.45, 2.75) is 96.8 Å². The van der Waals surface area contributed by atoms with Crippen LogP contribution in [0.1, 0.15) is 96.8 Å². The van der Waals surface area contributed by atoms with E-state index in [1.165, 1.54) is 89.0 Å². The fourth-order valence-electron chi connectivity index (χ4n) is 3.17. The number of rotatable bonds is 5. The number of allylic oxidation sites excluding steroid dienone is 1. The summed E-state index contributed by atoms with van der Waals surface area (Å²) in [5.41, 5.74) is 2.99. The zero-order chi connectivity index (χ0) is 13.8. The van der Waals surface area contributed by atoms with Crippen LogP contribution in [0.5, 0.6) is 0 Å². The molecular formula is C18H34O. The Morgan fingerprint density at radius 3 is 1.79 bits per heavy atom. The molecule has 0 spiro atoms. The van der Waals surface area contributed by atoms with Gasteiger partial charge in [0.15, 0.2) is 0 Å². The van der Waals surface area contributed by atoms with Gasteiger partial charge in [-0.25, -0.2) is 0 Å². The van der Waals surface area contributed by atoms with E-state index in [0.717, 1.165) is 6.42 Å². The van der Waals surface area contributed by atoms with Gasteiger partial charge in [-0.05, 0) is 44.1 Å². The molecule has 19 heavy (non-hydrogen) atoms. The second kappa shape index (κ2) is 11.5. The van der Waals surface area contributed by atoms with Crippen molar-refractivity contribution in [3.63, 3.8) is 0 Å². The molecule has 1 aliphatic rings. The highest BCUT2D eigenvalue weighted by atomic mass is 16.3. The normalized spacial score (nSPS) is 23.7. The first-order valence-corrected chi connectivity index (χ1v) is 8.69. The van der Waals surface area contributed by atoms with Gasteiger partial charge in [0.2, 0.25) is 0 Å². The highest BCUT2D eigenvalue weighted by Crippen LogP contribution is 2.25. The van der Waals surface area contributed by atoms with Crippen LogP contribution in [0, 0.1) is 0 Å². The molecule has 112 valence electrons. The summed E-state index contributed by atoms with van der Waals surface area (Å²) in [4.78, 5) is 0. The second-order valence-corrected chi connectivity index (χ2v) is 6.15. The molecule has 0 atom stereocenters. The van der Waals surface area contributed by atoms with E-state index in [4.69, 9.17) is 0 Å². The van der Waals surface area contributed by atoms with E-state index in [0.29, 0.717) is 6.61 Å². The zero-order valence-electron chi connectivity index (χ0n) is 13.1. The van der Waals surface area contributed by atoms with Gasteiger partial charge in [-0.3, -0.25) is 0 Å². The van der Waals surface area contributed by atoms with Crippen LogP contribution in [0.25, 0.3) is 0 Å². The molecule has 0 fully saturated rings. The Balaban J connectivity index is 2.55. The van der Waals surface area contributed by atoms with Gasteiger partial charge in [0.25, 0.3) is 0 Å². The Bertz CT molecular complexity index is 242. The van der Waals surface area contributed by atoms with Crippen LogP contribution in [0.15, 0.2) is 11.1 Å². The fraction of sp³-hybridized carbons (Fsp3) is 0.889. The van der Waals surface area contributed by atoms with Gasteiger partial charge in [-0.15, -0.1) is 0 Å². The maximum Gasteiger partial charge on any atom is 0.0644 e. The quantitative estimate of drug-likeness (QED) is 0.494. The molecule has 1 nitrogen and oxygen atoms in total. The van der Waals surface area contributed by atoms with Gasteiger partial charge < -0.3 is 5.11 Å². The van der Waals surface area contributed by atoms with Crippen molar-refractivity contribution in [3.05, 3.63) is 11.1 Å². The summed E-state index contributed by atoms with van der Waals surface area (Å²) < 4.78 is 0. The summed E-state index contributed by atoms with van der Waals surface area (Å²) in [7, 11) is 0. The number of aliphatic hydroxyl groups excluding tert-OH is 1. The molecule has 0 saturated carbocycles. The molecule has 1 heteroatoms. The monoisotopic (exact) mass is 266 g/mol. The molecule has 0 saturated heterocycles. The van der Waals surface area contributed by atoms with E-state index in [2.05, 4.69) is 6.92 Å². The van der Waals surface area contributed by atoms with E-state index >= 15 is 0 Å². The molecule has 1 N–H and O–H groups in total. The lowest BCUT2D eigenvalue weighted by Gasteiger charge is -2.15. The lowest BCUT2D eigenvalue weighted by atomic mass is 9.92. The third-order valence-corrected chi connectivity index (χ3v) is 4.48. The van der Waals surface area contributed by atoms with Crippen LogP contribution < -0.4 is 0 Å². The van der Waals surface area contributed by atoms with Crippen molar-refractivity contribution < 1.29 is 5.11 Å². The standard InChI is InChI=1S/C18H34O/c1-2-3-10-13-17-14-11-8-6-4-5-7-9-12-15-18(17)16-19/h19H,2-16H2,1H3/b18-17+. The van der Waals surface area contributed by atoms with Crippen molar-refractivity contribution in [2.75, 3.05) is 6.61 Å². The minimum absolute atomic E-state index is 0.307. The molecule has 0 amide bonds. The zero-order valence-corrected chi connectivity index (χ0v) is 13.1. The number of hydrogen-bond donors (Lipinski definition) is 1. The van der Waals surface area contributed by atoms with Crippen molar-refractivity contribution in [3.8, 4) is 0 Å². The van der Waals surface area contributed by atoms with E-state index in [1.807, 2.05) is 0 Å². The first-order valence-electron chi connectivity index (χ1n) is 8.69. The SMILES string of the molecule is CCCCC/C1=C(\CO)CCCCCCCCCC1. The Kier molecular flexibility index (Phi) is 10.2. The van der Waals surface area contributed by atoms with E-state index in [1.54, 1.807) is 5.57 Å². The molecular weight excluding hydrogens is 232 g/mol. The van der Waals surface area contributed by atoms with Crippen molar-refractivity contribution in [2.24, 2.45) is 0 Å². The Hall–Kier alpha value is -0.300. The van der Waals surface area contributed by atoms with Gasteiger partial charge in [-0.2, -0.15) is 0 Å². The first-order chi connectivity index (χ1) is 9.38. The van der Waals surface area contributed by atoms with Crippen LogP contribution in [-0.2, 0) is 0 Å². The van der Waals surface area contributed by atoms with Crippen molar-refractivity contribution >= 4 is 0 Å². The van der Waals surface area contributed by atoms with Crippen LogP contribution in [0.4, 0.5) is 0 Å². The molecule has 0 heterocycles. The van der Waals surface area contributed by atoms with Gasteiger partial charge in [0.05, 0.1) is 6.61 Å². The third-order valence-electron chi connectivity index (χ3n) is 4.48. The maximum absolute atomic E-state index is 9.66. The summed E-state index contributed by atoms with van der Waals surface area (Å²) in [6.07, 6.45) is 18.6. The highest BCUT2D eigenvalue weighted by Gasteiger charge is 2.07. The lowest BCUT2D eigenvalue weighted by Crippen LogP contribution is -2.00. The van der Waals surface area contributed by atoms with Crippen LogP contribution >= 0.6 is 0 Å². The molecule has 0 aliphatic heterocycles. The Morgan fingerprint density at radius 2 is 1.26 bits per heavy atom.